The van der Waals surface area contributed by atoms with Gasteiger partial charge in [-0.15, -0.1) is 0 Å². The van der Waals surface area contributed by atoms with Crippen LogP contribution in [-0.4, -0.2) is 75.1 Å². The Balaban J connectivity index is 1.31. The molecular formula is C36H41ClFN5O3. The molecule has 0 spiro atoms. The fourth-order valence-electron chi connectivity index (χ4n) is 6.95. The maximum absolute atomic E-state index is 14.9. The molecule has 8 nitrogen and oxygen atoms in total. The number of benzene rings is 2. The minimum Gasteiger partial charge on any atom is -0.444 e. The molecule has 242 valence electrons. The van der Waals surface area contributed by atoms with Crippen LogP contribution in [0.4, 0.5) is 14.9 Å². The zero-order valence-electron chi connectivity index (χ0n) is 27.0. The molecule has 0 bridgehead atoms. The highest BCUT2D eigenvalue weighted by Gasteiger charge is 2.50. The fraction of sp³-hybridized carbons (Fsp3) is 0.417. The first-order chi connectivity index (χ1) is 21.8. The van der Waals surface area contributed by atoms with Gasteiger partial charge in [0, 0.05) is 55.1 Å². The summed E-state index contributed by atoms with van der Waals surface area (Å²) >= 11 is 6.07. The Morgan fingerprint density at radius 3 is 2.46 bits per heavy atom. The number of nitrogens with one attached hydrogen (secondary N) is 1. The van der Waals surface area contributed by atoms with Crippen LogP contribution in [0.15, 0.2) is 67.0 Å². The van der Waals surface area contributed by atoms with Crippen molar-refractivity contribution in [3.05, 3.63) is 83.4 Å². The van der Waals surface area contributed by atoms with E-state index in [4.69, 9.17) is 16.3 Å². The summed E-state index contributed by atoms with van der Waals surface area (Å²) in [6.07, 6.45) is 4.58. The average Bonchev–Trinajstić information content (AvgIpc) is 3.62. The number of halogens is 2. The van der Waals surface area contributed by atoms with E-state index in [0.717, 1.165) is 27.8 Å². The lowest BCUT2D eigenvalue weighted by Crippen LogP contribution is -2.55. The molecule has 2 fully saturated rings. The van der Waals surface area contributed by atoms with Gasteiger partial charge < -0.3 is 19.5 Å². The third kappa shape index (κ3) is 6.17. The highest BCUT2D eigenvalue weighted by molar-refractivity contribution is 6.30. The van der Waals surface area contributed by atoms with Gasteiger partial charge in [-0.05, 0) is 76.8 Å². The molecule has 2 amide bonds. The highest BCUT2D eigenvalue weighted by atomic mass is 35.5. The molecule has 4 heterocycles. The topological polar surface area (TPSA) is 81.8 Å². The monoisotopic (exact) mass is 645 g/mol. The van der Waals surface area contributed by atoms with Crippen molar-refractivity contribution in [2.24, 2.45) is 0 Å². The number of fused-ring (bicyclic) bond motifs is 1. The summed E-state index contributed by atoms with van der Waals surface area (Å²) < 4.78 is 20.7. The molecule has 6 rings (SSSR count). The average molecular weight is 646 g/mol. The van der Waals surface area contributed by atoms with Crippen molar-refractivity contribution in [3.8, 4) is 11.1 Å². The summed E-state index contributed by atoms with van der Waals surface area (Å²) in [5.74, 6) is -1.52. The lowest BCUT2D eigenvalue weighted by Gasteiger charge is -2.42. The molecule has 2 aliphatic rings. The number of aromatic amines is 1. The van der Waals surface area contributed by atoms with Crippen LogP contribution in [0.5, 0.6) is 0 Å². The number of piperazine rings is 1. The fourth-order valence-corrected chi connectivity index (χ4v) is 7.07. The first kappa shape index (κ1) is 31.9. The lowest BCUT2D eigenvalue weighted by molar-refractivity contribution is -0.134. The number of hydrogen-bond donors (Lipinski definition) is 1. The summed E-state index contributed by atoms with van der Waals surface area (Å²) in [5, 5.41) is 1.01. The van der Waals surface area contributed by atoms with E-state index in [0.29, 0.717) is 44.6 Å². The van der Waals surface area contributed by atoms with Crippen LogP contribution < -0.4 is 4.90 Å². The van der Waals surface area contributed by atoms with Gasteiger partial charge in [-0.2, -0.15) is 0 Å². The summed E-state index contributed by atoms with van der Waals surface area (Å²) in [5.41, 5.74) is 3.23. The van der Waals surface area contributed by atoms with E-state index in [9.17, 15) is 14.0 Å². The van der Waals surface area contributed by atoms with Crippen LogP contribution in [-0.2, 0) is 9.53 Å². The predicted molar refractivity (Wildman–Crippen MR) is 180 cm³/mol. The van der Waals surface area contributed by atoms with Crippen LogP contribution in [0.3, 0.4) is 0 Å². The number of amides is 2. The highest BCUT2D eigenvalue weighted by Crippen LogP contribution is 2.43. The van der Waals surface area contributed by atoms with Gasteiger partial charge >= 0.3 is 6.09 Å². The number of nitrogens with zero attached hydrogens (tertiary/aromatic N) is 4. The Morgan fingerprint density at radius 1 is 1.07 bits per heavy atom. The molecule has 2 aromatic heterocycles. The molecule has 4 aromatic rings. The summed E-state index contributed by atoms with van der Waals surface area (Å²) in [6.45, 7) is 11.6. The van der Waals surface area contributed by atoms with E-state index >= 15 is 0 Å². The second kappa shape index (κ2) is 12.2. The molecule has 2 aromatic carbocycles. The number of aromatic nitrogens is 2. The van der Waals surface area contributed by atoms with Crippen molar-refractivity contribution in [3.63, 3.8) is 0 Å². The molecule has 0 radical (unpaired) electrons. The predicted octanol–water partition coefficient (Wildman–Crippen LogP) is 7.63. The van der Waals surface area contributed by atoms with E-state index < -0.39 is 35.0 Å². The van der Waals surface area contributed by atoms with E-state index in [1.807, 2.05) is 76.2 Å². The molecule has 46 heavy (non-hydrogen) atoms. The van der Waals surface area contributed by atoms with E-state index in [2.05, 4.69) is 27.0 Å². The quantitative estimate of drug-likeness (QED) is 0.241. The van der Waals surface area contributed by atoms with Crippen molar-refractivity contribution in [2.45, 2.75) is 70.6 Å². The Kier molecular flexibility index (Phi) is 8.48. The number of carbonyl (C=O) groups excluding carboxylic acids is 2. The number of likely N-dealkylation sites (tertiary alicyclic amines) is 1. The van der Waals surface area contributed by atoms with Gasteiger partial charge in [-0.25, -0.2) is 14.2 Å². The number of H-pyrrole nitrogens is 1. The summed E-state index contributed by atoms with van der Waals surface area (Å²) in [6, 6.07) is 16.2. The first-order valence-corrected chi connectivity index (χ1v) is 16.2. The second-order valence-corrected chi connectivity index (χ2v) is 14.3. The largest absolute Gasteiger partial charge is 0.444 e. The van der Waals surface area contributed by atoms with E-state index in [1.165, 1.54) is 12.1 Å². The minimum atomic E-state index is -0.787. The molecule has 2 saturated heterocycles. The number of hydrogen-bond acceptors (Lipinski definition) is 5. The first-order valence-electron chi connectivity index (χ1n) is 15.9. The number of ether oxygens (including phenoxy) is 1. The molecule has 2 unspecified atom stereocenters. The van der Waals surface area contributed by atoms with Crippen LogP contribution in [0.25, 0.3) is 22.2 Å². The van der Waals surface area contributed by atoms with Gasteiger partial charge in [0.2, 0.25) is 5.91 Å². The Morgan fingerprint density at radius 2 is 1.78 bits per heavy atom. The van der Waals surface area contributed by atoms with Crippen molar-refractivity contribution < 1.29 is 18.7 Å². The summed E-state index contributed by atoms with van der Waals surface area (Å²) in [7, 11) is 0. The Hall–Kier alpha value is -4.11. The van der Waals surface area contributed by atoms with Crippen molar-refractivity contribution in [1.82, 2.24) is 19.8 Å². The molecule has 0 aliphatic carbocycles. The summed E-state index contributed by atoms with van der Waals surface area (Å²) in [4.78, 5) is 42.0. The van der Waals surface area contributed by atoms with Crippen LogP contribution >= 0.6 is 11.6 Å². The van der Waals surface area contributed by atoms with Crippen LogP contribution in [0.2, 0.25) is 5.02 Å². The lowest BCUT2D eigenvalue weighted by atomic mass is 9.88. The van der Waals surface area contributed by atoms with Gasteiger partial charge in [0.05, 0.1) is 22.7 Å². The van der Waals surface area contributed by atoms with Crippen molar-refractivity contribution >= 4 is 40.3 Å². The van der Waals surface area contributed by atoms with E-state index in [-0.39, 0.29) is 10.9 Å². The maximum Gasteiger partial charge on any atom is 0.411 e. The van der Waals surface area contributed by atoms with Crippen molar-refractivity contribution in [2.75, 3.05) is 31.1 Å². The van der Waals surface area contributed by atoms with Crippen LogP contribution in [0, 0.1) is 5.82 Å². The standard InChI is InChI=1S/C36H41ClFN5O3/c1-35(2,3)46-34(45)43-29(13-15-36(43,4)5)30(24-11-12-27(37)28(38)21-24)33(44)42-19-17-41(18-20-42)31-25-14-16-39-32(25)40-22-26(31)23-9-7-6-8-10-23/h6-12,14,16,21-22,29-30H,13,15,17-20H2,1-5H3,(H,39,40). The third-order valence-corrected chi connectivity index (χ3v) is 9.44. The Bertz CT molecular complexity index is 1740. The number of anilines is 1. The number of carbonyl (C=O) groups is 2. The SMILES string of the molecule is CC(C)(C)OC(=O)N1C(C(C(=O)N2CCN(c3c(-c4ccccc4)cnc4[nH]ccc34)CC2)c2ccc(Cl)c(F)c2)CCC1(C)C. The zero-order chi connectivity index (χ0) is 32.8. The zero-order valence-corrected chi connectivity index (χ0v) is 27.8. The maximum atomic E-state index is 14.9. The van der Waals surface area contributed by atoms with Gasteiger partial charge in [-0.3, -0.25) is 9.69 Å². The molecule has 1 N–H and O–H groups in total. The van der Waals surface area contributed by atoms with Crippen molar-refractivity contribution in [1.29, 1.82) is 0 Å². The smallest absolute Gasteiger partial charge is 0.411 e. The Labute approximate surface area is 274 Å². The number of pyridine rings is 1. The van der Waals surface area contributed by atoms with Gasteiger partial charge in [0.25, 0.3) is 0 Å². The normalized spacial score (nSPS) is 19.0. The molecule has 2 aliphatic heterocycles. The second-order valence-electron chi connectivity index (χ2n) is 13.9. The van der Waals surface area contributed by atoms with E-state index in [1.54, 1.807) is 11.0 Å². The van der Waals surface area contributed by atoms with Gasteiger partial charge in [-0.1, -0.05) is 48.0 Å². The van der Waals surface area contributed by atoms with Crippen LogP contribution in [0.1, 0.15) is 58.9 Å². The minimum absolute atomic E-state index is 0.0121. The van der Waals surface area contributed by atoms with Gasteiger partial charge in [0.15, 0.2) is 0 Å². The number of rotatable bonds is 5. The molecule has 0 saturated carbocycles. The van der Waals surface area contributed by atoms with Gasteiger partial charge in [0.1, 0.15) is 17.1 Å². The molecule has 2 atom stereocenters. The third-order valence-electron chi connectivity index (χ3n) is 9.13. The molecular weight excluding hydrogens is 605 g/mol. The molecule has 10 heteroatoms.